The molecule has 5 nitrogen and oxygen atoms in total. The average Bonchev–Trinajstić information content (AvgIpc) is 2.53. The van der Waals surface area contributed by atoms with Crippen molar-refractivity contribution in [3.8, 4) is 5.75 Å². The van der Waals surface area contributed by atoms with Crippen LogP contribution < -0.4 is 10.1 Å². The largest absolute Gasteiger partial charge is 0.491 e. The van der Waals surface area contributed by atoms with Gasteiger partial charge in [-0.2, -0.15) is 0 Å². The van der Waals surface area contributed by atoms with Crippen LogP contribution in [-0.4, -0.2) is 28.6 Å². The first-order valence-corrected chi connectivity index (χ1v) is 7.29. The van der Waals surface area contributed by atoms with E-state index in [9.17, 15) is 14.3 Å². The number of rotatable bonds is 6. The highest BCUT2D eigenvalue weighted by Crippen LogP contribution is 2.18. The maximum atomic E-state index is 13.4. The number of hydrogen-bond donors (Lipinski definition) is 2. The zero-order chi connectivity index (χ0) is 16.8. The van der Waals surface area contributed by atoms with Crippen LogP contribution in [0.2, 0.25) is 0 Å². The number of carbonyl (C=O) groups excluding carboxylic acids is 1. The second-order valence-electron chi connectivity index (χ2n) is 5.32. The van der Waals surface area contributed by atoms with Gasteiger partial charge in [0.15, 0.2) is 5.82 Å². The molecule has 0 bridgehead atoms. The van der Waals surface area contributed by atoms with Gasteiger partial charge in [-0.15, -0.1) is 0 Å². The van der Waals surface area contributed by atoms with Gasteiger partial charge in [0.05, 0.1) is 24.0 Å². The topological polar surface area (TPSA) is 71.5 Å². The molecule has 6 heteroatoms. The number of nitrogens with one attached hydrogen (secondary N) is 1. The second kappa shape index (κ2) is 7.69. The molecule has 0 aliphatic heterocycles. The lowest BCUT2D eigenvalue weighted by Crippen LogP contribution is -2.29. The number of aliphatic hydroxyl groups excluding tert-OH is 1. The fourth-order valence-corrected chi connectivity index (χ4v) is 2.00. The van der Waals surface area contributed by atoms with E-state index in [2.05, 4.69) is 10.3 Å². The van der Waals surface area contributed by atoms with E-state index >= 15 is 0 Å². The summed E-state index contributed by atoms with van der Waals surface area (Å²) in [6, 6.07) is 8.24. The van der Waals surface area contributed by atoms with Gasteiger partial charge in [-0.1, -0.05) is 12.1 Å². The molecule has 0 radical (unpaired) electrons. The number of halogens is 1. The number of pyridine rings is 1. The van der Waals surface area contributed by atoms with Crippen LogP contribution >= 0.6 is 0 Å². The van der Waals surface area contributed by atoms with Crippen LogP contribution in [0.3, 0.4) is 0 Å². The monoisotopic (exact) mass is 318 g/mol. The summed E-state index contributed by atoms with van der Waals surface area (Å²) in [7, 11) is 0. The summed E-state index contributed by atoms with van der Waals surface area (Å²) in [5.41, 5.74) is 0.532. The SMILES string of the molecule is CC(C)Oc1ccc(C(O)CNC(=O)c2ccncc2F)cc1. The van der Waals surface area contributed by atoms with Gasteiger partial charge in [-0.05, 0) is 37.6 Å². The highest BCUT2D eigenvalue weighted by Gasteiger charge is 2.14. The summed E-state index contributed by atoms with van der Waals surface area (Å²) in [4.78, 5) is 15.4. The highest BCUT2D eigenvalue weighted by atomic mass is 19.1. The molecule has 0 saturated carbocycles. The maximum absolute atomic E-state index is 13.4. The Kier molecular flexibility index (Phi) is 5.65. The van der Waals surface area contributed by atoms with Crippen LogP contribution in [-0.2, 0) is 0 Å². The van der Waals surface area contributed by atoms with Crippen LogP contribution in [0.1, 0.15) is 35.9 Å². The lowest BCUT2D eigenvalue weighted by molar-refractivity contribution is 0.0912. The van der Waals surface area contributed by atoms with Crippen molar-refractivity contribution in [3.05, 3.63) is 59.7 Å². The van der Waals surface area contributed by atoms with Crippen molar-refractivity contribution in [1.29, 1.82) is 0 Å². The zero-order valence-corrected chi connectivity index (χ0v) is 13.0. The Morgan fingerprint density at radius 3 is 2.61 bits per heavy atom. The third kappa shape index (κ3) is 4.75. The molecule has 0 aliphatic rings. The van der Waals surface area contributed by atoms with E-state index in [1.807, 2.05) is 13.8 Å². The maximum Gasteiger partial charge on any atom is 0.254 e. The van der Waals surface area contributed by atoms with Crippen LogP contribution in [0.5, 0.6) is 5.75 Å². The van der Waals surface area contributed by atoms with Gasteiger partial charge >= 0.3 is 0 Å². The first kappa shape index (κ1) is 16.9. The van der Waals surface area contributed by atoms with Crippen molar-refractivity contribution in [2.75, 3.05) is 6.54 Å². The van der Waals surface area contributed by atoms with Gasteiger partial charge in [0.25, 0.3) is 5.91 Å². The number of amides is 1. The number of nitrogens with zero attached hydrogens (tertiary/aromatic N) is 1. The van der Waals surface area contributed by atoms with E-state index in [0.29, 0.717) is 11.3 Å². The van der Waals surface area contributed by atoms with E-state index < -0.39 is 17.8 Å². The third-order valence-corrected chi connectivity index (χ3v) is 3.11. The van der Waals surface area contributed by atoms with Crippen molar-refractivity contribution in [2.24, 2.45) is 0 Å². The van der Waals surface area contributed by atoms with Crippen molar-refractivity contribution in [1.82, 2.24) is 10.3 Å². The Hall–Kier alpha value is -2.47. The summed E-state index contributed by atoms with van der Waals surface area (Å²) >= 11 is 0. The summed E-state index contributed by atoms with van der Waals surface area (Å²) in [6.07, 6.45) is 1.48. The third-order valence-electron chi connectivity index (χ3n) is 3.11. The normalized spacial score (nSPS) is 12.0. The lowest BCUT2D eigenvalue weighted by Gasteiger charge is -2.14. The molecule has 0 aliphatic carbocycles. The molecular weight excluding hydrogens is 299 g/mol. The average molecular weight is 318 g/mol. The molecule has 2 aromatic rings. The van der Waals surface area contributed by atoms with Crippen LogP contribution in [0.4, 0.5) is 4.39 Å². The zero-order valence-electron chi connectivity index (χ0n) is 13.0. The summed E-state index contributed by atoms with van der Waals surface area (Å²) < 4.78 is 19.0. The second-order valence-corrected chi connectivity index (χ2v) is 5.32. The number of carbonyl (C=O) groups is 1. The number of ether oxygens (including phenoxy) is 1. The molecule has 1 aromatic heterocycles. The molecule has 0 spiro atoms. The fourth-order valence-electron chi connectivity index (χ4n) is 2.00. The minimum absolute atomic E-state index is 0.0228. The first-order chi connectivity index (χ1) is 11.0. The summed E-state index contributed by atoms with van der Waals surface area (Å²) in [5, 5.41) is 12.6. The Bertz CT molecular complexity index is 659. The molecular formula is C17H19FN2O3. The molecule has 0 saturated heterocycles. The predicted octanol–water partition coefficient (Wildman–Crippen LogP) is 2.47. The van der Waals surface area contributed by atoms with Crippen molar-refractivity contribution in [3.63, 3.8) is 0 Å². The van der Waals surface area contributed by atoms with Crippen LogP contribution in [0.15, 0.2) is 42.7 Å². The van der Waals surface area contributed by atoms with Crippen LogP contribution in [0.25, 0.3) is 0 Å². The fraction of sp³-hybridized carbons (Fsp3) is 0.294. The molecule has 2 rings (SSSR count). The summed E-state index contributed by atoms with van der Waals surface area (Å²) in [5.74, 6) is -0.586. The van der Waals surface area contributed by atoms with Gasteiger partial charge in [-0.25, -0.2) is 4.39 Å². The van der Waals surface area contributed by atoms with E-state index in [4.69, 9.17) is 4.74 Å². The molecule has 2 N–H and O–H groups in total. The van der Waals surface area contributed by atoms with Crippen molar-refractivity contribution < 1.29 is 19.0 Å². The Balaban J connectivity index is 1.93. The van der Waals surface area contributed by atoms with E-state index in [1.54, 1.807) is 24.3 Å². The quantitative estimate of drug-likeness (QED) is 0.858. The molecule has 1 unspecified atom stereocenters. The standard InChI is InChI=1S/C17H19FN2O3/c1-11(2)23-13-5-3-12(4-6-13)16(21)10-20-17(22)14-7-8-19-9-15(14)18/h3-9,11,16,21H,10H2,1-2H3,(H,20,22). The molecule has 1 heterocycles. The molecule has 1 atom stereocenters. The van der Waals surface area contributed by atoms with E-state index in [-0.39, 0.29) is 18.2 Å². The Morgan fingerprint density at radius 2 is 2.00 bits per heavy atom. The van der Waals surface area contributed by atoms with Crippen molar-refractivity contribution >= 4 is 5.91 Å². The molecule has 1 amide bonds. The number of aromatic nitrogens is 1. The van der Waals surface area contributed by atoms with Gasteiger partial charge in [0, 0.05) is 12.7 Å². The first-order valence-electron chi connectivity index (χ1n) is 7.29. The Morgan fingerprint density at radius 1 is 1.30 bits per heavy atom. The molecule has 23 heavy (non-hydrogen) atoms. The minimum Gasteiger partial charge on any atom is -0.491 e. The van der Waals surface area contributed by atoms with Crippen molar-refractivity contribution in [2.45, 2.75) is 26.1 Å². The highest BCUT2D eigenvalue weighted by molar-refractivity contribution is 5.94. The molecule has 122 valence electrons. The van der Waals surface area contributed by atoms with Gasteiger partial charge in [0.1, 0.15) is 5.75 Å². The number of aliphatic hydroxyl groups is 1. The van der Waals surface area contributed by atoms with Gasteiger partial charge in [-0.3, -0.25) is 9.78 Å². The van der Waals surface area contributed by atoms with Gasteiger partial charge in [0.2, 0.25) is 0 Å². The van der Waals surface area contributed by atoms with E-state index in [1.165, 1.54) is 12.3 Å². The number of hydrogen-bond acceptors (Lipinski definition) is 4. The summed E-state index contributed by atoms with van der Waals surface area (Å²) in [6.45, 7) is 3.83. The molecule has 1 aromatic carbocycles. The smallest absolute Gasteiger partial charge is 0.254 e. The van der Waals surface area contributed by atoms with Crippen LogP contribution in [0, 0.1) is 5.82 Å². The Labute approximate surface area is 134 Å². The van der Waals surface area contributed by atoms with E-state index in [0.717, 1.165) is 6.20 Å². The molecule has 0 fully saturated rings. The predicted molar refractivity (Wildman–Crippen MR) is 83.7 cm³/mol. The number of benzene rings is 1. The lowest BCUT2D eigenvalue weighted by atomic mass is 10.1. The van der Waals surface area contributed by atoms with Gasteiger partial charge < -0.3 is 15.2 Å². The minimum atomic E-state index is -0.892.